The van der Waals surface area contributed by atoms with Crippen LogP contribution in [0.15, 0.2) is 24.3 Å². The summed E-state index contributed by atoms with van der Waals surface area (Å²) in [5.41, 5.74) is 7.77. The zero-order chi connectivity index (χ0) is 14.9. The molecule has 20 heavy (non-hydrogen) atoms. The van der Waals surface area contributed by atoms with Gasteiger partial charge in [-0.25, -0.2) is 9.37 Å². The summed E-state index contributed by atoms with van der Waals surface area (Å²) in [7, 11) is 0. The first-order valence-corrected chi connectivity index (χ1v) is 6.97. The van der Waals surface area contributed by atoms with Crippen LogP contribution in [0.5, 0.6) is 0 Å². The monoisotopic (exact) mass is 275 g/mol. The van der Waals surface area contributed by atoms with Crippen molar-refractivity contribution in [1.82, 2.24) is 9.55 Å². The van der Waals surface area contributed by atoms with Crippen LogP contribution in [0.3, 0.4) is 0 Å². The van der Waals surface area contributed by atoms with Gasteiger partial charge in [0.2, 0.25) is 0 Å². The minimum absolute atomic E-state index is 0.0818. The van der Waals surface area contributed by atoms with Gasteiger partial charge in [-0.2, -0.15) is 0 Å². The Morgan fingerprint density at radius 1 is 1.20 bits per heavy atom. The van der Waals surface area contributed by atoms with Gasteiger partial charge >= 0.3 is 0 Å². The van der Waals surface area contributed by atoms with Gasteiger partial charge in [-0.3, -0.25) is 0 Å². The van der Waals surface area contributed by atoms with E-state index in [1.807, 2.05) is 0 Å². The van der Waals surface area contributed by atoms with Crippen molar-refractivity contribution in [2.45, 2.75) is 46.1 Å². The van der Waals surface area contributed by atoms with Crippen LogP contribution in [-0.4, -0.2) is 9.55 Å². The van der Waals surface area contributed by atoms with Crippen molar-refractivity contribution in [2.24, 2.45) is 0 Å². The summed E-state index contributed by atoms with van der Waals surface area (Å²) in [4.78, 5) is 4.72. The second-order valence-electron chi connectivity index (χ2n) is 6.08. The van der Waals surface area contributed by atoms with Gasteiger partial charge < -0.3 is 10.3 Å². The Hall–Kier alpha value is -1.84. The normalized spacial score (nSPS) is 11.8. The first kappa shape index (κ1) is 14.6. The van der Waals surface area contributed by atoms with E-state index >= 15 is 0 Å². The molecule has 4 heteroatoms. The largest absolute Gasteiger partial charge is 0.383 e. The van der Waals surface area contributed by atoms with Crippen molar-refractivity contribution in [2.75, 3.05) is 5.73 Å². The van der Waals surface area contributed by atoms with Crippen molar-refractivity contribution < 1.29 is 4.39 Å². The molecule has 1 aromatic carbocycles. The molecule has 0 aliphatic heterocycles. The number of nitrogens with two attached hydrogens (primary N) is 1. The molecule has 0 spiro atoms. The minimum Gasteiger partial charge on any atom is -0.383 e. The Morgan fingerprint density at radius 2 is 1.80 bits per heavy atom. The third-order valence-electron chi connectivity index (χ3n) is 3.24. The quantitative estimate of drug-likeness (QED) is 0.920. The summed E-state index contributed by atoms with van der Waals surface area (Å²) in [6.07, 6.45) is 0.993. The fourth-order valence-corrected chi connectivity index (χ4v) is 2.31. The molecule has 0 amide bonds. The van der Waals surface area contributed by atoms with Gasteiger partial charge in [-0.05, 0) is 30.7 Å². The molecular weight excluding hydrogens is 253 g/mol. The van der Waals surface area contributed by atoms with E-state index in [9.17, 15) is 4.39 Å². The summed E-state index contributed by atoms with van der Waals surface area (Å²) in [6, 6.07) is 6.31. The van der Waals surface area contributed by atoms with Gasteiger partial charge in [0.05, 0.1) is 0 Å². The maximum Gasteiger partial charge on any atom is 0.131 e. The van der Waals surface area contributed by atoms with E-state index in [0.29, 0.717) is 5.82 Å². The van der Waals surface area contributed by atoms with Gasteiger partial charge in [-0.1, -0.05) is 27.7 Å². The Morgan fingerprint density at radius 3 is 2.30 bits per heavy atom. The average Bonchev–Trinajstić information content (AvgIpc) is 2.69. The number of rotatable bonds is 3. The summed E-state index contributed by atoms with van der Waals surface area (Å²) < 4.78 is 15.1. The van der Waals surface area contributed by atoms with Crippen LogP contribution in [0.4, 0.5) is 10.2 Å². The van der Waals surface area contributed by atoms with Gasteiger partial charge in [0, 0.05) is 17.5 Å². The Kier molecular flexibility index (Phi) is 3.84. The molecule has 0 bridgehead atoms. The maximum atomic E-state index is 13.0. The number of nitrogen functional groups attached to an aromatic ring is 1. The molecule has 2 rings (SSSR count). The van der Waals surface area contributed by atoms with Crippen LogP contribution >= 0.6 is 0 Å². The van der Waals surface area contributed by atoms with E-state index < -0.39 is 0 Å². The van der Waals surface area contributed by atoms with Crippen LogP contribution in [0.2, 0.25) is 0 Å². The number of imidazole rings is 1. The fraction of sp³-hybridized carbons (Fsp3) is 0.438. The topological polar surface area (TPSA) is 43.8 Å². The molecule has 108 valence electrons. The lowest BCUT2D eigenvalue weighted by atomic mass is 9.95. The number of anilines is 1. The maximum absolute atomic E-state index is 13.0. The summed E-state index contributed by atoms with van der Waals surface area (Å²) in [5, 5.41) is 0. The van der Waals surface area contributed by atoms with E-state index in [1.54, 1.807) is 12.1 Å². The van der Waals surface area contributed by atoms with Crippen molar-refractivity contribution in [3.05, 3.63) is 35.9 Å². The van der Waals surface area contributed by atoms with Crippen LogP contribution < -0.4 is 5.73 Å². The molecule has 0 fully saturated rings. The molecule has 0 aliphatic carbocycles. The van der Waals surface area contributed by atoms with E-state index in [2.05, 4.69) is 32.3 Å². The minimum atomic E-state index is -0.253. The van der Waals surface area contributed by atoms with Crippen molar-refractivity contribution >= 4 is 5.82 Å². The zero-order valence-electron chi connectivity index (χ0n) is 12.6. The van der Waals surface area contributed by atoms with Gasteiger partial charge in [-0.15, -0.1) is 0 Å². The molecule has 0 unspecified atom stereocenters. The van der Waals surface area contributed by atoms with Gasteiger partial charge in [0.1, 0.15) is 23.2 Å². The second-order valence-corrected chi connectivity index (χ2v) is 6.08. The van der Waals surface area contributed by atoms with Crippen LogP contribution in [0.25, 0.3) is 11.3 Å². The number of halogens is 1. The lowest BCUT2D eigenvalue weighted by Gasteiger charge is -2.19. The molecule has 2 N–H and O–H groups in total. The third-order valence-corrected chi connectivity index (χ3v) is 3.24. The highest BCUT2D eigenvalue weighted by molar-refractivity contribution is 5.71. The highest BCUT2D eigenvalue weighted by atomic mass is 19.1. The van der Waals surface area contributed by atoms with Crippen molar-refractivity contribution in [3.8, 4) is 11.3 Å². The van der Waals surface area contributed by atoms with E-state index in [-0.39, 0.29) is 11.2 Å². The molecule has 0 saturated carbocycles. The standard InChI is InChI=1S/C16H22FN3/c1-5-10-20-14(18)13(19-15(20)16(2,3)4)11-6-8-12(17)9-7-11/h6-9H,5,10,18H2,1-4H3. The lowest BCUT2D eigenvalue weighted by molar-refractivity contribution is 0.498. The molecule has 0 radical (unpaired) electrons. The average molecular weight is 275 g/mol. The first-order chi connectivity index (χ1) is 9.34. The highest BCUT2D eigenvalue weighted by Gasteiger charge is 2.25. The molecule has 0 saturated heterocycles. The van der Waals surface area contributed by atoms with E-state index in [4.69, 9.17) is 10.7 Å². The Labute approximate surface area is 119 Å². The smallest absolute Gasteiger partial charge is 0.131 e. The van der Waals surface area contributed by atoms with Gasteiger partial charge in [0.15, 0.2) is 0 Å². The van der Waals surface area contributed by atoms with Crippen LogP contribution in [-0.2, 0) is 12.0 Å². The van der Waals surface area contributed by atoms with E-state index in [1.165, 1.54) is 12.1 Å². The summed E-state index contributed by atoms with van der Waals surface area (Å²) >= 11 is 0. The number of nitrogens with zero attached hydrogens (tertiary/aromatic N) is 2. The lowest BCUT2D eigenvalue weighted by Crippen LogP contribution is -2.19. The summed E-state index contributed by atoms with van der Waals surface area (Å²) in [6.45, 7) is 9.32. The molecule has 1 heterocycles. The molecule has 2 aromatic rings. The Balaban J connectivity index is 2.57. The number of benzene rings is 1. The third kappa shape index (κ3) is 2.69. The number of aromatic nitrogens is 2. The Bertz CT molecular complexity index is 591. The van der Waals surface area contributed by atoms with Gasteiger partial charge in [0.25, 0.3) is 0 Å². The summed E-state index contributed by atoms with van der Waals surface area (Å²) in [5.74, 6) is 1.37. The van der Waals surface area contributed by atoms with Crippen molar-refractivity contribution in [3.63, 3.8) is 0 Å². The molecule has 3 nitrogen and oxygen atoms in total. The van der Waals surface area contributed by atoms with Crippen LogP contribution in [0, 0.1) is 5.82 Å². The second kappa shape index (κ2) is 5.27. The van der Waals surface area contributed by atoms with Crippen molar-refractivity contribution in [1.29, 1.82) is 0 Å². The first-order valence-electron chi connectivity index (χ1n) is 6.97. The highest BCUT2D eigenvalue weighted by Crippen LogP contribution is 2.32. The molecular formula is C16H22FN3. The number of hydrogen-bond donors (Lipinski definition) is 1. The fourth-order valence-electron chi connectivity index (χ4n) is 2.31. The SMILES string of the molecule is CCCn1c(C(C)(C)C)nc(-c2ccc(F)cc2)c1N. The number of hydrogen-bond acceptors (Lipinski definition) is 2. The predicted molar refractivity (Wildman–Crippen MR) is 81.0 cm³/mol. The molecule has 0 aliphatic rings. The van der Waals surface area contributed by atoms with Crippen LogP contribution in [0.1, 0.15) is 39.9 Å². The molecule has 1 aromatic heterocycles. The predicted octanol–water partition coefficient (Wildman–Crippen LogP) is 3.98. The molecule has 0 atom stereocenters. The zero-order valence-corrected chi connectivity index (χ0v) is 12.6. The van der Waals surface area contributed by atoms with E-state index in [0.717, 1.165) is 30.0 Å².